The standard InChI is InChI=1S/C22H30N2O2/c1-4-19(25)24(5-2)16-18-20(17-12-8-6-9-13-17)21(26)23(3)22(18)14-10-7-11-15-22/h6,8-9,12-13H,4-5,7,10-11,14-16H2,1-3H3. The van der Waals surface area contributed by atoms with Crippen molar-refractivity contribution < 1.29 is 9.59 Å². The first kappa shape index (κ1) is 18.7. The predicted molar refractivity (Wildman–Crippen MR) is 104 cm³/mol. The molecular weight excluding hydrogens is 324 g/mol. The Kier molecular flexibility index (Phi) is 5.49. The highest BCUT2D eigenvalue weighted by molar-refractivity contribution is 6.23. The van der Waals surface area contributed by atoms with Crippen LogP contribution in [0.5, 0.6) is 0 Å². The number of hydrogen-bond donors (Lipinski definition) is 0. The Hall–Kier alpha value is -2.10. The smallest absolute Gasteiger partial charge is 0.255 e. The van der Waals surface area contributed by atoms with Crippen LogP contribution in [-0.2, 0) is 9.59 Å². The lowest BCUT2D eigenvalue weighted by molar-refractivity contribution is -0.130. The zero-order valence-corrected chi connectivity index (χ0v) is 16.3. The van der Waals surface area contributed by atoms with Gasteiger partial charge in [0.1, 0.15) is 0 Å². The maximum absolute atomic E-state index is 13.3. The molecule has 0 bridgehead atoms. The van der Waals surface area contributed by atoms with Crippen molar-refractivity contribution in [3.05, 3.63) is 41.5 Å². The number of carbonyl (C=O) groups excluding carboxylic acids is 2. The second kappa shape index (κ2) is 7.65. The van der Waals surface area contributed by atoms with E-state index in [9.17, 15) is 9.59 Å². The summed E-state index contributed by atoms with van der Waals surface area (Å²) in [5.74, 6) is 0.258. The van der Waals surface area contributed by atoms with Crippen molar-refractivity contribution in [1.82, 2.24) is 9.80 Å². The molecule has 4 nitrogen and oxygen atoms in total. The summed E-state index contributed by atoms with van der Waals surface area (Å²) < 4.78 is 0. The highest BCUT2D eigenvalue weighted by Crippen LogP contribution is 2.47. The fourth-order valence-electron chi connectivity index (χ4n) is 4.62. The van der Waals surface area contributed by atoms with Gasteiger partial charge in [0.2, 0.25) is 5.91 Å². The number of carbonyl (C=O) groups is 2. The van der Waals surface area contributed by atoms with Crippen LogP contribution in [0.4, 0.5) is 0 Å². The molecule has 1 heterocycles. The van der Waals surface area contributed by atoms with Gasteiger partial charge in [-0.15, -0.1) is 0 Å². The van der Waals surface area contributed by atoms with Gasteiger partial charge in [-0.1, -0.05) is 56.5 Å². The van der Waals surface area contributed by atoms with Crippen LogP contribution in [-0.4, -0.2) is 47.3 Å². The first-order valence-corrected chi connectivity index (χ1v) is 9.90. The molecule has 0 saturated heterocycles. The van der Waals surface area contributed by atoms with Crippen molar-refractivity contribution >= 4 is 17.4 Å². The van der Waals surface area contributed by atoms with E-state index in [0.717, 1.165) is 42.4 Å². The molecule has 1 fully saturated rings. The number of rotatable bonds is 5. The monoisotopic (exact) mass is 354 g/mol. The molecule has 26 heavy (non-hydrogen) atoms. The maximum atomic E-state index is 13.3. The molecule has 1 aliphatic carbocycles. The van der Waals surface area contributed by atoms with E-state index < -0.39 is 0 Å². The van der Waals surface area contributed by atoms with Crippen molar-refractivity contribution in [3.8, 4) is 0 Å². The highest BCUT2D eigenvalue weighted by Gasteiger charge is 2.50. The van der Waals surface area contributed by atoms with E-state index in [2.05, 4.69) is 0 Å². The normalized spacial score (nSPS) is 19.3. The summed E-state index contributed by atoms with van der Waals surface area (Å²) in [6, 6.07) is 9.96. The minimum Gasteiger partial charge on any atom is -0.339 e. The van der Waals surface area contributed by atoms with Crippen LogP contribution in [0.2, 0.25) is 0 Å². The molecule has 2 amide bonds. The lowest BCUT2D eigenvalue weighted by atomic mass is 9.75. The number of nitrogens with zero attached hydrogens (tertiary/aromatic N) is 2. The Morgan fingerprint density at radius 3 is 2.35 bits per heavy atom. The van der Waals surface area contributed by atoms with E-state index in [-0.39, 0.29) is 17.4 Å². The van der Waals surface area contributed by atoms with Gasteiger partial charge in [-0.25, -0.2) is 0 Å². The fraction of sp³-hybridized carbons (Fsp3) is 0.545. The van der Waals surface area contributed by atoms with Gasteiger partial charge in [0.25, 0.3) is 5.91 Å². The summed E-state index contributed by atoms with van der Waals surface area (Å²) in [5.41, 5.74) is 2.72. The first-order valence-electron chi connectivity index (χ1n) is 9.90. The number of amides is 2. The minimum absolute atomic E-state index is 0.105. The molecule has 0 N–H and O–H groups in total. The van der Waals surface area contributed by atoms with E-state index in [1.54, 1.807) is 0 Å². The van der Waals surface area contributed by atoms with Crippen molar-refractivity contribution in [2.24, 2.45) is 0 Å². The van der Waals surface area contributed by atoms with Crippen molar-refractivity contribution in [2.75, 3.05) is 20.1 Å². The summed E-state index contributed by atoms with van der Waals surface area (Å²) in [7, 11) is 1.95. The third kappa shape index (κ3) is 3.06. The molecule has 1 aromatic carbocycles. The Bertz CT molecular complexity index is 702. The van der Waals surface area contributed by atoms with Gasteiger partial charge in [-0.3, -0.25) is 9.59 Å². The lowest BCUT2D eigenvalue weighted by Gasteiger charge is -2.43. The average Bonchev–Trinajstić information content (AvgIpc) is 2.88. The molecule has 0 radical (unpaired) electrons. The van der Waals surface area contributed by atoms with Gasteiger partial charge in [-0.05, 0) is 30.9 Å². The Morgan fingerprint density at radius 2 is 1.77 bits per heavy atom. The summed E-state index contributed by atoms with van der Waals surface area (Å²) >= 11 is 0. The van der Waals surface area contributed by atoms with E-state index >= 15 is 0 Å². The van der Waals surface area contributed by atoms with Crippen LogP contribution >= 0.6 is 0 Å². The second-order valence-corrected chi connectivity index (χ2v) is 7.44. The highest BCUT2D eigenvalue weighted by atomic mass is 16.2. The molecule has 0 unspecified atom stereocenters. The van der Waals surface area contributed by atoms with Crippen molar-refractivity contribution in [2.45, 2.75) is 57.9 Å². The van der Waals surface area contributed by atoms with E-state index in [1.165, 1.54) is 6.42 Å². The SMILES string of the molecule is CCC(=O)N(CC)CC1=C(c2ccccc2)C(=O)N(C)C12CCCCC2. The molecule has 3 rings (SSSR count). The van der Waals surface area contributed by atoms with Gasteiger partial charge in [0.05, 0.1) is 11.1 Å². The number of likely N-dealkylation sites (N-methyl/N-ethyl adjacent to an activating group) is 2. The molecule has 0 aromatic heterocycles. The summed E-state index contributed by atoms with van der Waals surface area (Å²) in [6.45, 7) is 5.15. The molecule has 0 atom stereocenters. The quantitative estimate of drug-likeness (QED) is 0.805. The molecule has 2 aliphatic rings. The van der Waals surface area contributed by atoms with Crippen LogP contribution in [0.1, 0.15) is 57.9 Å². The first-order chi connectivity index (χ1) is 12.5. The Labute approximate surface area is 156 Å². The third-order valence-corrected chi connectivity index (χ3v) is 6.15. The maximum Gasteiger partial charge on any atom is 0.255 e. The van der Waals surface area contributed by atoms with Crippen LogP contribution in [0, 0.1) is 0 Å². The molecule has 1 saturated carbocycles. The fourth-order valence-corrected chi connectivity index (χ4v) is 4.62. The van der Waals surface area contributed by atoms with Gasteiger partial charge < -0.3 is 9.80 Å². The second-order valence-electron chi connectivity index (χ2n) is 7.44. The van der Waals surface area contributed by atoms with E-state index in [0.29, 0.717) is 19.5 Å². The zero-order valence-electron chi connectivity index (χ0n) is 16.3. The summed E-state index contributed by atoms with van der Waals surface area (Å²) in [5, 5.41) is 0. The van der Waals surface area contributed by atoms with E-state index in [1.807, 2.05) is 61.0 Å². The number of hydrogen-bond acceptors (Lipinski definition) is 2. The topological polar surface area (TPSA) is 40.6 Å². The van der Waals surface area contributed by atoms with E-state index in [4.69, 9.17) is 0 Å². The lowest BCUT2D eigenvalue weighted by Crippen LogP contribution is -2.49. The van der Waals surface area contributed by atoms with Crippen LogP contribution in [0.25, 0.3) is 5.57 Å². The van der Waals surface area contributed by atoms with Crippen LogP contribution < -0.4 is 0 Å². The molecule has 4 heteroatoms. The molecule has 1 aromatic rings. The molecule has 140 valence electrons. The largest absolute Gasteiger partial charge is 0.339 e. The molecule has 1 aliphatic heterocycles. The summed E-state index contributed by atoms with van der Waals surface area (Å²) in [4.78, 5) is 29.5. The van der Waals surface area contributed by atoms with Gasteiger partial charge in [-0.2, -0.15) is 0 Å². The van der Waals surface area contributed by atoms with Gasteiger partial charge in [0, 0.05) is 26.6 Å². The number of benzene rings is 1. The van der Waals surface area contributed by atoms with Crippen molar-refractivity contribution in [3.63, 3.8) is 0 Å². The third-order valence-electron chi connectivity index (χ3n) is 6.15. The zero-order chi connectivity index (χ0) is 18.7. The molecule has 1 spiro atoms. The minimum atomic E-state index is -0.220. The van der Waals surface area contributed by atoms with Gasteiger partial charge in [0.15, 0.2) is 0 Å². The van der Waals surface area contributed by atoms with Gasteiger partial charge >= 0.3 is 0 Å². The summed E-state index contributed by atoms with van der Waals surface area (Å²) in [6.07, 6.45) is 5.99. The van der Waals surface area contributed by atoms with Crippen LogP contribution in [0.3, 0.4) is 0 Å². The predicted octanol–water partition coefficient (Wildman–Crippen LogP) is 3.87. The van der Waals surface area contributed by atoms with Crippen molar-refractivity contribution in [1.29, 1.82) is 0 Å². The van der Waals surface area contributed by atoms with Crippen LogP contribution in [0.15, 0.2) is 35.9 Å². The molecular formula is C22H30N2O2. The Balaban J connectivity index is 2.12. The average molecular weight is 354 g/mol. The Morgan fingerprint density at radius 1 is 1.12 bits per heavy atom.